The normalized spacial score (nSPS) is 17.2. The van der Waals surface area contributed by atoms with E-state index >= 15 is 0 Å². The number of nitro benzene ring substituents is 1. The average Bonchev–Trinajstić information content (AvgIpc) is 2.95. The van der Waals surface area contributed by atoms with E-state index in [0.717, 1.165) is 25.0 Å². The summed E-state index contributed by atoms with van der Waals surface area (Å²) in [6.45, 7) is 0. The SMILES string of the molecule is N#Cc1ccc(C2CCCc3cncn32)c([N+](=O)[O-])c1. The molecule has 1 atom stereocenters. The van der Waals surface area contributed by atoms with Gasteiger partial charge in [0.15, 0.2) is 0 Å². The monoisotopic (exact) mass is 268 g/mol. The number of hydrogen-bond donors (Lipinski definition) is 0. The van der Waals surface area contributed by atoms with Crippen molar-refractivity contribution in [1.29, 1.82) is 5.26 Å². The highest BCUT2D eigenvalue weighted by molar-refractivity contribution is 5.49. The minimum absolute atomic E-state index is 0.00981. The molecule has 2 aromatic rings. The van der Waals surface area contributed by atoms with E-state index in [9.17, 15) is 10.1 Å². The topological polar surface area (TPSA) is 84.8 Å². The van der Waals surface area contributed by atoms with E-state index in [0.29, 0.717) is 11.1 Å². The Balaban J connectivity index is 2.12. The minimum Gasteiger partial charge on any atom is -0.327 e. The fraction of sp³-hybridized carbons (Fsp3) is 0.286. The number of nitriles is 1. The van der Waals surface area contributed by atoms with Crippen molar-refractivity contribution in [2.75, 3.05) is 0 Å². The van der Waals surface area contributed by atoms with Gasteiger partial charge in [-0.25, -0.2) is 4.98 Å². The van der Waals surface area contributed by atoms with Crippen LogP contribution in [0.4, 0.5) is 5.69 Å². The molecule has 0 aliphatic carbocycles. The molecule has 100 valence electrons. The molecular weight excluding hydrogens is 256 g/mol. The van der Waals surface area contributed by atoms with E-state index in [1.807, 2.05) is 16.8 Å². The van der Waals surface area contributed by atoms with Crippen LogP contribution >= 0.6 is 0 Å². The molecule has 0 N–H and O–H groups in total. The zero-order valence-electron chi connectivity index (χ0n) is 10.7. The smallest absolute Gasteiger partial charge is 0.276 e. The first-order valence-electron chi connectivity index (χ1n) is 6.40. The number of aromatic nitrogens is 2. The number of rotatable bonds is 2. The van der Waals surface area contributed by atoms with Gasteiger partial charge in [0.25, 0.3) is 5.69 Å². The summed E-state index contributed by atoms with van der Waals surface area (Å²) in [7, 11) is 0. The largest absolute Gasteiger partial charge is 0.327 e. The van der Waals surface area contributed by atoms with Crippen LogP contribution in [0.25, 0.3) is 0 Å². The molecule has 1 unspecified atom stereocenters. The first-order chi connectivity index (χ1) is 9.70. The number of nitro groups is 1. The Labute approximate surface area is 115 Å². The van der Waals surface area contributed by atoms with E-state index < -0.39 is 4.92 Å². The first kappa shape index (κ1) is 12.4. The molecule has 0 saturated carbocycles. The predicted molar refractivity (Wildman–Crippen MR) is 71.1 cm³/mol. The van der Waals surface area contributed by atoms with Crippen molar-refractivity contribution in [3.05, 3.63) is 57.7 Å². The Kier molecular flexibility index (Phi) is 2.95. The molecule has 3 rings (SSSR count). The maximum atomic E-state index is 11.3. The standard InChI is InChI=1S/C14H12N4O2/c15-7-10-4-5-12(14(6-10)18(19)20)13-3-1-2-11-8-16-9-17(11)13/h4-6,8-9,13H,1-3H2. The Morgan fingerprint density at radius 1 is 1.50 bits per heavy atom. The van der Waals surface area contributed by atoms with Crippen molar-refractivity contribution in [2.24, 2.45) is 0 Å². The van der Waals surface area contributed by atoms with Gasteiger partial charge in [0.1, 0.15) is 0 Å². The highest BCUT2D eigenvalue weighted by Gasteiger charge is 2.27. The fourth-order valence-corrected chi connectivity index (χ4v) is 2.78. The van der Waals surface area contributed by atoms with Gasteiger partial charge in [0.2, 0.25) is 0 Å². The molecule has 1 aliphatic rings. The predicted octanol–water partition coefficient (Wildman–Crippen LogP) is 2.59. The average molecular weight is 268 g/mol. The van der Waals surface area contributed by atoms with Gasteiger partial charge in [-0.2, -0.15) is 5.26 Å². The van der Waals surface area contributed by atoms with E-state index in [1.165, 1.54) is 6.07 Å². The lowest BCUT2D eigenvalue weighted by Crippen LogP contribution is -2.18. The zero-order chi connectivity index (χ0) is 14.1. The summed E-state index contributed by atoms with van der Waals surface area (Å²) in [5, 5.41) is 20.1. The molecule has 1 aliphatic heterocycles. The Bertz CT molecular complexity index is 714. The number of imidazole rings is 1. The summed E-state index contributed by atoms with van der Waals surface area (Å²) in [6.07, 6.45) is 6.30. The summed E-state index contributed by atoms with van der Waals surface area (Å²) in [4.78, 5) is 15.0. The second-order valence-electron chi connectivity index (χ2n) is 4.84. The highest BCUT2D eigenvalue weighted by Crippen LogP contribution is 2.35. The zero-order valence-corrected chi connectivity index (χ0v) is 10.7. The van der Waals surface area contributed by atoms with E-state index in [4.69, 9.17) is 5.26 Å². The Hall–Kier alpha value is -2.68. The Morgan fingerprint density at radius 3 is 3.10 bits per heavy atom. The maximum absolute atomic E-state index is 11.3. The van der Waals surface area contributed by atoms with Crippen molar-refractivity contribution in [3.63, 3.8) is 0 Å². The fourth-order valence-electron chi connectivity index (χ4n) is 2.78. The third kappa shape index (κ3) is 1.93. The molecule has 6 heteroatoms. The maximum Gasteiger partial charge on any atom is 0.276 e. The second-order valence-corrected chi connectivity index (χ2v) is 4.84. The van der Waals surface area contributed by atoms with Crippen molar-refractivity contribution in [2.45, 2.75) is 25.3 Å². The molecular formula is C14H12N4O2. The molecule has 20 heavy (non-hydrogen) atoms. The van der Waals surface area contributed by atoms with Crippen molar-refractivity contribution in [3.8, 4) is 6.07 Å². The molecule has 2 heterocycles. The summed E-state index contributed by atoms with van der Waals surface area (Å²) in [5.41, 5.74) is 2.06. The minimum atomic E-state index is -0.415. The van der Waals surface area contributed by atoms with Crippen LogP contribution in [0.15, 0.2) is 30.7 Å². The van der Waals surface area contributed by atoms with Gasteiger partial charge in [-0.1, -0.05) is 0 Å². The van der Waals surface area contributed by atoms with Gasteiger partial charge in [-0.05, 0) is 31.4 Å². The molecule has 0 fully saturated rings. The van der Waals surface area contributed by atoms with Gasteiger partial charge in [0.05, 0.1) is 34.5 Å². The van der Waals surface area contributed by atoms with Crippen LogP contribution in [0.1, 0.15) is 35.7 Å². The first-order valence-corrected chi connectivity index (χ1v) is 6.40. The molecule has 1 aromatic heterocycles. The third-order valence-corrected chi connectivity index (χ3v) is 3.71. The summed E-state index contributed by atoms with van der Waals surface area (Å²) in [6, 6.07) is 6.54. The van der Waals surface area contributed by atoms with Crippen LogP contribution in [0.5, 0.6) is 0 Å². The lowest BCUT2D eigenvalue weighted by Gasteiger charge is -2.25. The number of aryl methyl sites for hydroxylation is 1. The van der Waals surface area contributed by atoms with Gasteiger partial charge in [-0.15, -0.1) is 0 Å². The summed E-state index contributed by atoms with van der Waals surface area (Å²) < 4.78 is 2.00. The van der Waals surface area contributed by atoms with Crippen LogP contribution in [0.2, 0.25) is 0 Å². The van der Waals surface area contributed by atoms with Crippen LogP contribution < -0.4 is 0 Å². The van der Waals surface area contributed by atoms with Crippen LogP contribution in [0, 0.1) is 21.4 Å². The molecule has 0 bridgehead atoms. The quantitative estimate of drug-likeness (QED) is 0.619. The Morgan fingerprint density at radius 2 is 2.35 bits per heavy atom. The number of hydrogen-bond acceptors (Lipinski definition) is 4. The molecule has 1 aromatic carbocycles. The van der Waals surface area contributed by atoms with E-state index in [1.54, 1.807) is 18.5 Å². The molecule has 0 saturated heterocycles. The van der Waals surface area contributed by atoms with Crippen LogP contribution in [-0.2, 0) is 6.42 Å². The van der Waals surface area contributed by atoms with Crippen LogP contribution in [-0.4, -0.2) is 14.5 Å². The molecule has 0 radical (unpaired) electrons. The van der Waals surface area contributed by atoms with E-state index in [-0.39, 0.29) is 11.7 Å². The van der Waals surface area contributed by atoms with Crippen molar-refractivity contribution < 1.29 is 4.92 Å². The highest BCUT2D eigenvalue weighted by atomic mass is 16.6. The van der Waals surface area contributed by atoms with Gasteiger partial charge >= 0.3 is 0 Å². The number of fused-ring (bicyclic) bond motifs is 1. The molecule has 0 amide bonds. The van der Waals surface area contributed by atoms with Crippen molar-refractivity contribution in [1.82, 2.24) is 9.55 Å². The third-order valence-electron chi connectivity index (χ3n) is 3.71. The lowest BCUT2D eigenvalue weighted by molar-refractivity contribution is -0.385. The van der Waals surface area contributed by atoms with Crippen molar-refractivity contribution >= 4 is 5.69 Å². The van der Waals surface area contributed by atoms with Gasteiger partial charge < -0.3 is 4.57 Å². The van der Waals surface area contributed by atoms with E-state index in [2.05, 4.69) is 4.98 Å². The lowest BCUT2D eigenvalue weighted by atomic mass is 9.94. The van der Waals surface area contributed by atoms with Crippen LogP contribution in [0.3, 0.4) is 0 Å². The number of nitrogens with zero attached hydrogens (tertiary/aromatic N) is 4. The molecule has 6 nitrogen and oxygen atoms in total. The summed E-state index contributed by atoms with van der Waals surface area (Å²) >= 11 is 0. The number of benzene rings is 1. The second kappa shape index (κ2) is 4.78. The molecule has 0 spiro atoms. The van der Waals surface area contributed by atoms with Gasteiger partial charge in [-0.3, -0.25) is 10.1 Å². The van der Waals surface area contributed by atoms with Gasteiger partial charge in [0, 0.05) is 18.0 Å². The summed E-state index contributed by atoms with van der Waals surface area (Å²) in [5.74, 6) is 0.